The standard InChI is InChI=1S/C15H11N3.C2H3N.2BF4.Pd/c1-3-10-16-12(6-1)14-8-5-9-15(18-14)13-7-2-4-11-17-13;1-2-3;2*2-1(3,4)5;/h1-11H;1H3;;;/q;;2*-1;+2. The van der Waals surface area contributed by atoms with E-state index >= 15 is 0 Å². The van der Waals surface area contributed by atoms with Gasteiger partial charge in [0.05, 0.1) is 28.8 Å². The number of halogens is 8. The van der Waals surface area contributed by atoms with E-state index in [4.69, 9.17) is 5.26 Å². The number of nitrogens with zero attached hydrogens (tertiary/aromatic N) is 4. The Morgan fingerprint density at radius 3 is 1.16 bits per heavy atom. The summed E-state index contributed by atoms with van der Waals surface area (Å²) in [7, 11) is -12.0. The van der Waals surface area contributed by atoms with Crippen molar-refractivity contribution in [1.29, 1.82) is 5.26 Å². The van der Waals surface area contributed by atoms with Crippen LogP contribution in [0.5, 0.6) is 0 Å². The smallest absolute Gasteiger partial charge is 0.418 e. The van der Waals surface area contributed by atoms with Crippen LogP contribution in [0.25, 0.3) is 22.8 Å². The van der Waals surface area contributed by atoms with Crippen molar-refractivity contribution in [3.05, 3.63) is 67.0 Å². The Labute approximate surface area is 192 Å². The number of pyridine rings is 3. The molecule has 15 heteroatoms. The molecule has 0 fully saturated rings. The minimum absolute atomic E-state index is 0. The van der Waals surface area contributed by atoms with E-state index in [0.717, 1.165) is 22.8 Å². The van der Waals surface area contributed by atoms with Crippen LogP contribution in [0.3, 0.4) is 0 Å². The third-order valence-electron chi connectivity index (χ3n) is 2.60. The first kappa shape index (κ1) is 31.4. The fraction of sp³-hybridized carbons (Fsp3) is 0.0588. The molecule has 0 aliphatic carbocycles. The van der Waals surface area contributed by atoms with Crippen molar-refractivity contribution in [2.45, 2.75) is 6.92 Å². The van der Waals surface area contributed by atoms with E-state index in [-0.39, 0.29) is 20.4 Å². The molecule has 3 aromatic heterocycles. The summed E-state index contributed by atoms with van der Waals surface area (Å²) in [5.74, 6) is 0. The molecule has 0 unspecified atom stereocenters. The van der Waals surface area contributed by atoms with Gasteiger partial charge in [-0.1, -0.05) is 18.2 Å². The second-order valence-corrected chi connectivity index (χ2v) is 5.05. The Hall–Kier alpha value is -2.83. The molecular formula is C17H14B2F8N4Pd. The van der Waals surface area contributed by atoms with Crippen LogP contribution in [0.15, 0.2) is 67.0 Å². The van der Waals surface area contributed by atoms with Gasteiger partial charge in [-0.3, -0.25) is 9.97 Å². The summed E-state index contributed by atoms with van der Waals surface area (Å²) in [5, 5.41) is 7.32. The van der Waals surface area contributed by atoms with Gasteiger partial charge in [0.25, 0.3) is 0 Å². The van der Waals surface area contributed by atoms with Crippen LogP contribution in [-0.4, -0.2) is 29.5 Å². The quantitative estimate of drug-likeness (QED) is 0.274. The second-order valence-electron chi connectivity index (χ2n) is 5.05. The second kappa shape index (κ2) is 15.9. The number of nitriles is 1. The van der Waals surface area contributed by atoms with Crippen molar-refractivity contribution in [3.63, 3.8) is 0 Å². The van der Waals surface area contributed by atoms with E-state index in [1.165, 1.54) is 6.92 Å². The van der Waals surface area contributed by atoms with E-state index in [1.807, 2.05) is 54.6 Å². The first-order chi connectivity index (χ1) is 14.3. The van der Waals surface area contributed by atoms with Gasteiger partial charge in [0, 0.05) is 19.3 Å². The van der Waals surface area contributed by atoms with Gasteiger partial charge in [-0.05, 0) is 36.4 Å². The topological polar surface area (TPSA) is 62.5 Å². The molecule has 0 aliphatic rings. The molecule has 0 saturated carbocycles. The maximum atomic E-state index is 9.75. The van der Waals surface area contributed by atoms with Crippen LogP contribution < -0.4 is 0 Å². The molecule has 0 spiro atoms. The monoisotopic (exact) mass is 554 g/mol. The molecule has 0 N–H and O–H groups in total. The van der Waals surface area contributed by atoms with Gasteiger partial charge in [-0.25, -0.2) is 4.98 Å². The average Bonchev–Trinajstić information content (AvgIpc) is 2.68. The van der Waals surface area contributed by atoms with Crippen molar-refractivity contribution in [1.82, 2.24) is 15.0 Å². The number of hydrogen-bond donors (Lipinski definition) is 0. The number of hydrogen-bond acceptors (Lipinski definition) is 4. The molecule has 0 aromatic carbocycles. The van der Waals surface area contributed by atoms with Crippen molar-refractivity contribution in [2.75, 3.05) is 0 Å². The molecule has 32 heavy (non-hydrogen) atoms. The molecule has 174 valence electrons. The largest absolute Gasteiger partial charge is 2.00 e. The van der Waals surface area contributed by atoms with Crippen molar-refractivity contribution in [3.8, 4) is 28.8 Å². The minimum Gasteiger partial charge on any atom is -0.418 e. The molecule has 4 nitrogen and oxygen atoms in total. The summed E-state index contributed by atoms with van der Waals surface area (Å²) in [6, 6.07) is 19.2. The third-order valence-corrected chi connectivity index (χ3v) is 2.60. The third kappa shape index (κ3) is 19.2. The van der Waals surface area contributed by atoms with Gasteiger partial charge in [0.2, 0.25) is 0 Å². The summed E-state index contributed by atoms with van der Waals surface area (Å²) in [6.45, 7) is 1.43. The van der Waals surface area contributed by atoms with Crippen molar-refractivity contribution < 1.29 is 54.9 Å². The fourth-order valence-corrected chi connectivity index (χ4v) is 1.75. The van der Waals surface area contributed by atoms with E-state index in [1.54, 1.807) is 18.5 Å². The predicted octanol–water partition coefficient (Wildman–Crippen LogP) is 6.33. The normalized spacial score (nSPS) is 9.75. The van der Waals surface area contributed by atoms with Gasteiger partial charge in [-0.15, -0.1) is 0 Å². The maximum absolute atomic E-state index is 9.75. The Bertz CT molecular complexity index is 845. The van der Waals surface area contributed by atoms with Crippen LogP contribution in [0.1, 0.15) is 6.92 Å². The zero-order chi connectivity index (χ0) is 23.9. The number of rotatable bonds is 2. The first-order valence-corrected chi connectivity index (χ1v) is 8.20. The van der Waals surface area contributed by atoms with Crippen molar-refractivity contribution in [2.24, 2.45) is 0 Å². The summed E-state index contributed by atoms with van der Waals surface area (Å²) >= 11 is 0. The maximum Gasteiger partial charge on any atom is 2.00 e. The van der Waals surface area contributed by atoms with Crippen LogP contribution in [-0.2, 0) is 20.4 Å². The zero-order valence-corrected chi connectivity index (χ0v) is 17.7. The fourth-order valence-electron chi connectivity index (χ4n) is 1.75. The Morgan fingerprint density at radius 1 is 0.625 bits per heavy atom. The van der Waals surface area contributed by atoms with Gasteiger partial charge < -0.3 is 34.5 Å². The molecule has 0 amide bonds. The molecule has 3 aromatic rings. The minimum atomic E-state index is -6.00. The molecule has 0 atom stereocenters. The predicted molar refractivity (Wildman–Crippen MR) is 102 cm³/mol. The van der Waals surface area contributed by atoms with E-state index in [0.29, 0.717) is 0 Å². The van der Waals surface area contributed by atoms with E-state index in [9.17, 15) is 34.5 Å². The van der Waals surface area contributed by atoms with Gasteiger partial charge >= 0.3 is 34.9 Å². The summed E-state index contributed by atoms with van der Waals surface area (Å²) in [4.78, 5) is 13.2. The summed E-state index contributed by atoms with van der Waals surface area (Å²) in [6.07, 6.45) is 3.54. The van der Waals surface area contributed by atoms with E-state index < -0.39 is 14.5 Å². The van der Waals surface area contributed by atoms with Crippen LogP contribution >= 0.6 is 0 Å². The van der Waals surface area contributed by atoms with Crippen LogP contribution in [0.2, 0.25) is 0 Å². The molecule has 0 aliphatic heterocycles. The molecule has 0 radical (unpaired) electrons. The molecule has 0 bridgehead atoms. The molecule has 3 rings (SSSR count). The SMILES string of the molecule is CC#N.F[B-](F)(F)F.F[B-](F)(F)F.[Pd+2].c1ccc(-c2cccc(-c3ccccn3)n2)nc1. The van der Waals surface area contributed by atoms with E-state index in [2.05, 4.69) is 15.0 Å². The summed E-state index contributed by atoms with van der Waals surface area (Å²) < 4.78 is 78.0. The molecule has 3 heterocycles. The van der Waals surface area contributed by atoms with Crippen LogP contribution in [0.4, 0.5) is 34.5 Å². The van der Waals surface area contributed by atoms with Gasteiger partial charge in [0.1, 0.15) is 0 Å². The Balaban J connectivity index is 0. The first-order valence-electron chi connectivity index (χ1n) is 8.20. The van der Waals surface area contributed by atoms with Crippen LogP contribution in [0, 0.1) is 11.3 Å². The Morgan fingerprint density at radius 2 is 0.906 bits per heavy atom. The zero-order valence-electron chi connectivity index (χ0n) is 16.1. The average molecular weight is 554 g/mol. The molecular weight excluding hydrogens is 540 g/mol. The Kier molecular flexibility index (Phi) is 15.6. The number of aromatic nitrogens is 3. The molecule has 0 saturated heterocycles. The van der Waals surface area contributed by atoms with Gasteiger partial charge in [0.15, 0.2) is 0 Å². The summed E-state index contributed by atoms with van der Waals surface area (Å²) in [5.41, 5.74) is 3.46. The van der Waals surface area contributed by atoms with Gasteiger partial charge in [-0.2, -0.15) is 5.26 Å². The van der Waals surface area contributed by atoms with Crippen molar-refractivity contribution >= 4 is 14.5 Å².